The first kappa shape index (κ1) is 12.9. The van der Waals surface area contributed by atoms with Crippen LogP contribution in [0.5, 0.6) is 0 Å². The van der Waals surface area contributed by atoms with Gasteiger partial charge in [-0.25, -0.2) is 0 Å². The molecule has 19 heavy (non-hydrogen) atoms. The Labute approximate surface area is 111 Å². The highest BCUT2D eigenvalue weighted by Crippen LogP contribution is 2.57. The van der Waals surface area contributed by atoms with E-state index < -0.39 is 24.0 Å². The maximum absolute atomic E-state index is 11.1. The van der Waals surface area contributed by atoms with E-state index >= 15 is 0 Å². The summed E-state index contributed by atoms with van der Waals surface area (Å²) in [6.45, 7) is 0. The quantitative estimate of drug-likeness (QED) is 0.666. The van der Waals surface area contributed by atoms with Crippen LogP contribution in [0.4, 0.5) is 0 Å². The molecule has 0 aromatic heterocycles. The van der Waals surface area contributed by atoms with Crippen LogP contribution in [0.1, 0.15) is 32.1 Å². The van der Waals surface area contributed by atoms with Gasteiger partial charge in [-0.1, -0.05) is 0 Å². The molecule has 0 saturated heterocycles. The lowest BCUT2D eigenvalue weighted by Crippen LogP contribution is -2.53. The number of aliphatic hydroxyl groups excluding tert-OH is 1. The normalized spacial score (nSPS) is 41.5. The number of aliphatic carboxylic acids is 2. The summed E-state index contributed by atoms with van der Waals surface area (Å²) in [6.07, 6.45) is 4.20. The fourth-order valence-electron chi connectivity index (χ4n) is 5.14. The van der Waals surface area contributed by atoms with E-state index in [1.807, 2.05) is 0 Å². The summed E-state index contributed by atoms with van der Waals surface area (Å²) < 4.78 is 0. The summed E-state index contributed by atoms with van der Waals surface area (Å²) in [4.78, 5) is 22.2. The molecule has 4 aliphatic carbocycles. The van der Waals surface area contributed by atoms with Crippen LogP contribution >= 0.6 is 0 Å². The van der Waals surface area contributed by atoms with Crippen molar-refractivity contribution in [3.05, 3.63) is 0 Å². The van der Waals surface area contributed by atoms with Gasteiger partial charge >= 0.3 is 11.9 Å². The van der Waals surface area contributed by atoms with Crippen molar-refractivity contribution < 1.29 is 24.9 Å². The van der Waals surface area contributed by atoms with Gasteiger partial charge in [0.2, 0.25) is 0 Å². The van der Waals surface area contributed by atoms with Crippen LogP contribution in [0.2, 0.25) is 0 Å². The van der Waals surface area contributed by atoms with E-state index in [0.717, 1.165) is 37.5 Å². The molecule has 1 atom stereocenters. The van der Waals surface area contributed by atoms with Crippen LogP contribution in [0.25, 0.3) is 0 Å². The lowest BCUT2D eigenvalue weighted by Gasteiger charge is -2.55. The van der Waals surface area contributed by atoms with E-state index in [-0.39, 0.29) is 5.92 Å². The summed E-state index contributed by atoms with van der Waals surface area (Å²) in [6, 6.07) is 0. The van der Waals surface area contributed by atoms with Gasteiger partial charge in [-0.05, 0) is 61.7 Å². The van der Waals surface area contributed by atoms with Crippen molar-refractivity contribution in [2.45, 2.75) is 38.2 Å². The van der Waals surface area contributed by atoms with Gasteiger partial charge in [-0.2, -0.15) is 0 Å². The number of aliphatic hydroxyl groups is 1. The van der Waals surface area contributed by atoms with E-state index in [1.54, 1.807) is 0 Å². The highest BCUT2D eigenvalue weighted by atomic mass is 16.4. The molecule has 5 heteroatoms. The van der Waals surface area contributed by atoms with Crippen LogP contribution in [0.3, 0.4) is 0 Å². The van der Waals surface area contributed by atoms with Gasteiger partial charge in [0, 0.05) is 0 Å². The van der Waals surface area contributed by atoms with Crippen molar-refractivity contribution in [2.75, 3.05) is 0 Å². The van der Waals surface area contributed by atoms with Crippen molar-refractivity contribution in [1.29, 1.82) is 0 Å². The summed E-state index contributed by atoms with van der Waals surface area (Å²) in [7, 11) is 0. The third-order valence-electron chi connectivity index (χ3n) is 5.57. The monoisotopic (exact) mass is 268 g/mol. The number of carboxylic acid groups (broad SMARTS) is 2. The van der Waals surface area contributed by atoms with Crippen LogP contribution < -0.4 is 0 Å². The molecule has 0 aliphatic heterocycles. The first-order valence-corrected chi connectivity index (χ1v) is 7.11. The van der Waals surface area contributed by atoms with Gasteiger partial charge < -0.3 is 15.3 Å². The smallest absolute Gasteiger partial charge is 0.320 e. The molecule has 106 valence electrons. The lowest BCUT2D eigenvalue weighted by molar-refractivity contribution is -0.168. The molecule has 4 rings (SSSR count). The van der Waals surface area contributed by atoms with E-state index in [2.05, 4.69) is 0 Å². The van der Waals surface area contributed by atoms with E-state index in [0.29, 0.717) is 11.8 Å². The maximum atomic E-state index is 11.1. The Morgan fingerprint density at radius 1 is 0.842 bits per heavy atom. The molecule has 0 aromatic rings. The standard InChI is InChI=1S/C14H20O5/c15-12(11(13(16)17)14(18)19)10-8-2-6-1-7(4-8)5-9(10)3-6/h6-12,15H,1-5H2,(H,16,17)(H,18,19). The van der Waals surface area contributed by atoms with Gasteiger partial charge in [0.05, 0.1) is 6.10 Å². The minimum Gasteiger partial charge on any atom is -0.481 e. The fraction of sp³-hybridized carbons (Fsp3) is 0.857. The molecule has 0 aromatic carbocycles. The Hall–Kier alpha value is -1.10. The Morgan fingerprint density at radius 3 is 1.63 bits per heavy atom. The van der Waals surface area contributed by atoms with Gasteiger partial charge in [0.1, 0.15) is 0 Å². The molecule has 0 spiro atoms. The van der Waals surface area contributed by atoms with E-state index in [1.165, 1.54) is 6.42 Å². The molecule has 5 nitrogen and oxygen atoms in total. The van der Waals surface area contributed by atoms with Gasteiger partial charge in [0.25, 0.3) is 0 Å². The van der Waals surface area contributed by atoms with Crippen LogP contribution in [0.15, 0.2) is 0 Å². The van der Waals surface area contributed by atoms with Crippen molar-refractivity contribution in [3.63, 3.8) is 0 Å². The number of carbonyl (C=O) groups is 2. The average Bonchev–Trinajstić information content (AvgIpc) is 2.25. The highest BCUT2D eigenvalue weighted by Gasteiger charge is 2.53. The SMILES string of the molecule is O=C(O)C(C(=O)O)C(O)C1C2CC3CC(C2)CC1C3. The topological polar surface area (TPSA) is 94.8 Å². The number of rotatable bonds is 4. The molecular weight excluding hydrogens is 248 g/mol. The van der Waals surface area contributed by atoms with E-state index in [9.17, 15) is 14.7 Å². The zero-order valence-electron chi connectivity index (χ0n) is 10.7. The maximum Gasteiger partial charge on any atom is 0.320 e. The molecule has 0 radical (unpaired) electrons. The summed E-state index contributed by atoms with van der Waals surface area (Å²) in [5, 5.41) is 28.4. The van der Waals surface area contributed by atoms with Crippen molar-refractivity contribution >= 4 is 11.9 Å². The zero-order valence-corrected chi connectivity index (χ0v) is 10.7. The Bertz CT molecular complexity index is 363. The zero-order chi connectivity index (χ0) is 13.7. The average molecular weight is 268 g/mol. The minimum absolute atomic E-state index is 0.134. The second kappa shape index (κ2) is 4.47. The third-order valence-corrected chi connectivity index (χ3v) is 5.57. The van der Waals surface area contributed by atoms with Gasteiger partial charge in [-0.3, -0.25) is 9.59 Å². The molecule has 4 bridgehead atoms. The van der Waals surface area contributed by atoms with Gasteiger partial charge in [-0.15, -0.1) is 0 Å². The predicted molar refractivity (Wildman–Crippen MR) is 65.3 cm³/mol. The Balaban J connectivity index is 1.81. The molecule has 1 unspecified atom stereocenters. The molecule has 0 heterocycles. The predicted octanol–water partition coefficient (Wildman–Crippen LogP) is 1.20. The summed E-state index contributed by atoms with van der Waals surface area (Å²) >= 11 is 0. The van der Waals surface area contributed by atoms with Crippen LogP contribution in [-0.4, -0.2) is 33.4 Å². The van der Waals surface area contributed by atoms with Crippen molar-refractivity contribution in [3.8, 4) is 0 Å². The first-order valence-electron chi connectivity index (χ1n) is 7.11. The van der Waals surface area contributed by atoms with Crippen LogP contribution in [0, 0.1) is 35.5 Å². The number of hydrogen-bond acceptors (Lipinski definition) is 3. The molecule has 3 N–H and O–H groups in total. The second-order valence-corrected chi connectivity index (χ2v) is 6.65. The van der Waals surface area contributed by atoms with Crippen molar-refractivity contribution in [2.24, 2.45) is 35.5 Å². The Morgan fingerprint density at radius 2 is 1.26 bits per heavy atom. The lowest BCUT2D eigenvalue weighted by atomic mass is 9.50. The molecule has 0 amide bonds. The van der Waals surface area contributed by atoms with Crippen molar-refractivity contribution in [1.82, 2.24) is 0 Å². The first-order chi connectivity index (χ1) is 8.97. The highest BCUT2D eigenvalue weighted by molar-refractivity contribution is 5.93. The summed E-state index contributed by atoms with van der Waals surface area (Å²) in [5.74, 6) is -2.56. The van der Waals surface area contributed by atoms with Crippen LogP contribution in [-0.2, 0) is 9.59 Å². The Kier molecular flexibility index (Phi) is 3.04. The fourth-order valence-corrected chi connectivity index (χ4v) is 5.14. The molecule has 4 fully saturated rings. The van der Waals surface area contributed by atoms with Gasteiger partial charge in [0.15, 0.2) is 5.92 Å². The number of hydrogen-bond donors (Lipinski definition) is 3. The summed E-state index contributed by atoms with van der Waals surface area (Å²) in [5.41, 5.74) is 0. The molecular formula is C14H20O5. The molecule has 4 aliphatic rings. The third kappa shape index (κ3) is 2.04. The number of carboxylic acids is 2. The largest absolute Gasteiger partial charge is 0.481 e. The van der Waals surface area contributed by atoms with E-state index in [4.69, 9.17) is 10.2 Å². The minimum atomic E-state index is -1.68. The molecule has 4 saturated carbocycles. The second-order valence-electron chi connectivity index (χ2n) is 6.65.